The SMILES string of the molecule is Cc1cccc(CC(=O)N2CCc3[nH]c(Br)cc3C2)c1. The highest BCUT2D eigenvalue weighted by Gasteiger charge is 2.22. The summed E-state index contributed by atoms with van der Waals surface area (Å²) >= 11 is 3.45. The highest BCUT2D eigenvalue weighted by Crippen LogP contribution is 2.23. The topological polar surface area (TPSA) is 36.1 Å². The minimum atomic E-state index is 0.207. The summed E-state index contributed by atoms with van der Waals surface area (Å²) in [6.45, 7) is 3.56. The second kappa shape index (κ2) is 5.44. The summed E-state index contributed by atoms with van der Waals surface area (Å²) in [5.41, 5.74) is 4.76. The van der Waals surface area contributed by atoms with Crippen molar-refractivity contribution >= 4 is 21.8 Å². The Morgan fingerprint density at radius 2 is 2.25 bits per heavy atom. The molecule has 2 aromatic rings. The summed E-state index contributed by atoms with van der Waals surface area (Å²) in [5.74, 6) is 0.207. The number of amides is 1. The first-order valence-corrected chi connectivity index (χ1v) is 7.61. The molecule has 1 aliphatic heterocycles. The standard InChI is InChI=1S/C16H17BrN2O/c1-11-3-2-4-12(7-11)8-16(20)19-6-5-14-13(10-19)9-15(17)18-14/h2-4,7,9,18H,5-6,8,10H2,1H3. The van der Waals surface area contributed by atoms with Gasteiger partial charge in [0, 0.05) is 25.2 Å². The van der Waals surface area contributed by atoms with Crippen LogP contribution in [0.4, 0.5) is 0 Å². The van der Waals surface area contributed by atoms with E-state index in [2.05, 4.69) is 46.0 Å². The van der Waals surface area contributed by atoms with Gasteiger partial charge in [0.2, 0.25) is 5.91 Å². The van der Waals surface area contributed by atoms with E-state index in [9.17, 15) is 4.79 Å². The van der Waals surface area contributed by atoms with Crippen molar-refractivity contribution in [2.24, 2.45) is 0 Å². The third-order valence-corrected chi connectivity index (χ3v) is 4.17. The molecule has 0 saturated carbocycles. The first-order valence-electron chi connectivity index (χ1n) is 6.81. The Morgan fingerprint density at radius 3 is 3.05 bits per heavy atom. The molecule has 20 heavy (non-hydrogen) atoms. The van der Waals surface area contributed by atoms with Gasteiger partial charge >= 0.3 is 0 Å². The van der Waals surface area contributed by atoms with Crippen LogP contribution in [0.1, 0.15) is 22.4 Å². The number of halogens is 1. The van der Waals surface area contributed by atoms with E-state index in [1.807, 2.05) is 17.0 Å². The number of hydrogen-bond acceptors (Lipinski definition) is 1. The Hall–Kier alpha value is -1.55. The minimum absolute atomic E-state index is 0.207. The van der Waals surface area contributed by atoms with Crippen LogP contribution in [0.2, 0.25) is 0 Å². The molecule has 0 bridgehead atoms. The van der Waals surface area contributed by atoms with Crippen molar-refractivity contribution in [3.05, 3.63) is 57.3 Å². The summed E-state index contributed by atoms with van der Waals surface area (Å²) in [5, 5.41) is 0. The van der Waals surface area contributed by atoms with Crippen molar-refractivity contribution in [2.75, 3.05) is 6.54 Å². The molecule has 0 fully saturated rings. The number of carbonyl (C=O) groups excluding carboxylic acids is 1. The molecular weight excluding hydrogens is 316 g/mol. The van der Waals surface area contributed by atoms with E-state index in [0.29, 0.717) is 13.0 Å². The molecular formula is C16H17BrN2O. The Labute approximate surface area is 127 Å². The molecule has 1 aliphatic rings. The van der Waals surface area contributed by atoms with Crippen molar-refractivity contribution in [3.8, 4) is 0 Å². The van der Waals surface area contributed by atoms with Crippen LogP contribution >= 0.6 is 15.9 Å². The van der Waals surface area contributed by atoms with Gasteiger partial charge in [-0.2, -0.15) is 0 Å². The van der Waals surface area contributed by atoms with Crippen molar-refractivity contribution < 1.29 is 4.79 Å². The lowest BCUT2D eigenvalue weighted by atomic mass is 10.1. The summed E-state index contributed by atoms with van der Waals surface area (Å²) < 4.78 is 0.996. The fourth-order valence-electron chi connectivity index (χ4n) is 2.72. The molecule has 3 rings (SSSR count). The van der Waals surface area contributed by atoms with Gasteiger partial charge in [-0.15, -0.1) is 0 Å². The highest BCUT2D eigenvalue weighted by atomic mass is 79.9. The number of aromatic nitrogens is 1. The van der Waals surface area contributed by atoms with Crippen molar-refractivity contribution in [2.45, 2.75) is 26.3 Å². The van der Waals surface area contributed by atoms with Gasteiger partial charge in [0.05, 0.1) is 11.0 Å². The van der Waals surface area contributed by atoms with Crippen LogP contribution in [-0.2, 0) is 24.2 Å². The van der Waals surface area contributed by atoms with E-state index in [-0.39, 0.29) is 5.91 Å². The molecule has 0 saturated heterocycles. The van der Waals surface area contributed by atoms with Gasteiger partial charge in [0.15, 0.2) is 0 Å². The molecule has 0 radical (unpaired) electrons. The lowest BCUT2D eigenvalue weighted by Gasteiger charge is -2.27. The molecule has 1 aromatic carbocycles. The number of rotatable bonds is 2. The molecule has 1 N–H and O–H groups in total. The van der Waals surface area contributed by atoms with Crippen LogP contribution in [0, 0.1) is 6.92 Å². The number of benzene rings is 1. The molecule has 1 amide bonds. The van der Waals surface area contributed by atoms with Crippen LogP contribution < -0.4 is 0 Å². The lowest BCUT2D eigenvalue weighted by molar-refractivity contribution is -0.131. The second-order valence-corrected chi connectivity index (χ2v) is 6.21. The predicted octanol–water partition coefficient (Wildman–Crippen LogP) is 3.21. The number of hydrogen-bond donors (Lipinski definition) is 1. The number of fused-ring (bicyclic) bond motifs is 1. The van der Waals surface area contributed by atoms with Crippen LogP contribution in [0.15, 0.2) is 34.9 Å². The largest absolute Gasteiger partial charge is 0.353 e. The first-order chi connectivity index (χ1) is 9.61. The number of nitrogens with one attached hydrogen (secondary N) is 1. The van der Waals surface area contributed by atoms with Gasteiger partial charge in [-0.05, 0) is 40.0 Å². The van der Waals surface area contributed by atoms with Crippen molar-refractivity contribution in [3.63, 3.8) is 0 Å². The summed E-state index contributed by atoms with van der Waals surface area (Å²) in [7, 11) is 0. The Morgan fingerprint density at radius 1 is 1.40 bits per heavy atom. The Kier molecular flexibility index (Phi) is 3.66. The van der Waals surface area contributed by atoms with E-state index in [4.69, 9.17) is 0 Å². The lowest BCUT2D eigenvalue weighted by Crippen LogP contribution is -2.36. The van der Waals surface area contributed by atoms with Crippen molar-refractivity contribution in [1.82, 2.24) is 9.88 Å². The molecule has 0 unspecified atom stereocenters. The quantitative estimate of drug-likeness (QED) is 0.900. The average Bonchev–Trinajstić information content (AvgIpc) is 2.77. The van der Waals surface area contributed by atoms with Gasteiger partial charge in [-0.25, -0.2) is 0 Å². The number of nitrogens with zero attached hydrogens (tertiary/aromatic N) is 1. The first kappa shape index (κ1) is 13.4. The van der Waals surface area contributed by atoms with Gasteiger partial charge in [-0.3, -0.25) is 4.79 Å². The maximum absolute atomic E-state index is 12.4. The van der Waals surface area contributed by atoms with E-state index < -0.39 is 0 Å². The number of H-pyrrole nitrogens is 1. The van der Waals surface area contributed by atoms with E-state index in [0.717, 1.165) is 23.1 Å². The highest BCUT2D eigenvalue weighted by molar-refractivity contribution is 9.10. The molecule has 104 valence electrons. The summed E-state index contributed by atoms with van der Waals surface area (Å²) in [4.78, 5) is 17.6. The predicted molar refractivity (Wildman–Crippen MR) is 82.5 cm³/mol. The molecule has 2 heterocycles. The maximum Gasteiger partial charge on any atom is 0.227 e. The van der Waals surface area contributed by atoms with Gasteiger partial charge in [0.1, 0.15) is 0 Å². The number of carbonyl (C=O) groups is 1. The smallest absolute Gasteiger partial charge is 0.227 e. The monoisotopic (exact) mass is 332 g/mol. The Balaban J connectivity index is 1.70. The summed E-state index contributed by atoms with van der Waals surface area (Å²) in [6, 6.07) is 10.2. The molecule has 0 atom stereocenters. The number of aromatic amines is 1. The van der Waals surface area contributed by atoms with E-state index >= 15 is 0 Å². The third-order valence-electron chi connectivity index (χ3n) is 3.74. The molecule has 1 aromatic heterocycles. The van der Waals surface area contributed by atoms with E-state index in [1.165, 1.54) is 16.8 Å². The maximum atomic E-state index is 12.4. The van der Waals surface area contributed by atoms with Gasteiger partial charge in [-0.1, -0.05) is 29.8 Å². The number of aryl methyl sites for hydroxylation is 1. The van der Waals surface area contributed by atoms with Crippen LogP contribution in [0.3, 0.4) is 0 Å². The average molecular weight is 333 g/mol. The van der Waals surface area contributed by atoms with E-state index in [1.54, 1.807) is 0 Å². The molecule has 0 aliphatic carbocycles. The third kappa shape index (κ3) is 2.80. The summed E-state index contributed by atoms with van der Waals surface area (Å²) in [6.07, 6.45) is 1.39. The van der Waals surface area contributed by atoms with Crippen LogP contribution in [-0.4, -0.2) is 22.3 Å². The fraction of sp³-hybridized carbons (Fsp3) is 0.312. The zero-order valence-electron chi connectivity index (χ0n) is 11.4. The van der Waals surface area contributed by atoms with Gasteiger partial charge < -0.3 is 9.88 Å². The molecule has 4 heteroatoms. The Bertz CT molecular complexity index is 648. The molecule has 3 nitrogen and oxygen atoms in total. The van der Waals surface area contributed by atoms with Gasteiger partial charge in [0.25, 0.3) is 0 Å². The minimum Gasteiger partial charge on any atom is -0.353 e. The zero-order valence-corrected chi connectivity index (χ0v) is 13.0. The normalized spacial score (nSPS) is 14.2. The fourth-order valence-corrected chi connectivity index (χ4v) is 3.23. The molecule has 0 spiro atoms. The van der Waals surface area contributed by atoms with Crippen molar-refractivity contribution in [1.29, 1.82) is 0 Å². The van der Waals surface area contributed by atoms with Crippen LogP contribution in [0.25, 0.3) is 0 Å². The second-order valence-electron chi connectivity index (χ2n) is 5.35. The zero-order chi connectivity index (χ0) is 14.1. The van der Waals surface area contributed by atoms with Crippen LogP contribution in [0.5, 0.6) is 0 Å².